The van der Waals surface area contributed by atoms with Gasteiger partial charge >= 0.3 is 0 Å². The number of ether oxygens (including phenoxy) is 1. The van der Waals surface area contributed by atoms with Crippen LogP contribution in [0.1, 0.15) is 26.2 Å². The van der Waals surface area contributed by atoms with Gasteiger partial charge in [0.1, 0.15) is 11.8 Å². The maximum atomic E-state index is 11.4. The van der Waals surface area contributed by atoms with Crippen molar-refractivity contribution in [1.82, 2.24) is 10.6 Å². The molecule has 1 spiro atoms. The molecule has 2 rings (SSSR count). The van der Waals surface area contributed by atoms with E-state index in [1.54, 1.807) is 0 Å². The normalized spacial score (nSPS) is 32.1. The second-order valence-corrected chi connectivity index (χ2v) is 3.75. The number of hydrogen-bond donors (Lipinski definition) is 2. The molecule has 0 aromatic carbocycles. The van der Waals surface area contributed by atoms with Crippen molar-refractivity contribution in [1.29, 1.82) is 0 Å². The number of carbonyl (C=O) groups is 1. The number of carbonyl (C=O) groups excluding carboxylic acids is 1. The first-order valence-corrected chi connectivity index (χ1v) is 4.96. The summed E-state index contributed by atoms with van der Waals surface area (Å²) in [7, 11) is 0. The Morgan fingerprint density at radius 1 is 1.54 bits per heavy atom. The van der Waals surface area contributed by atoms with Crippen molar-refractivity contribution in [2.45, 2.75) is 38.0 Å². The van der Waals surface area contributed by atoms with Gasteiger partial charge in [0.2, 0.25) is 0 Å². The highest BCUT2D eigenvalue weighted by atomic mass is 16.5. The minimum atomic E-state index is -0.344. The van der Waals surface area contributed by atoms with Crippen LogP contribution >= 0.6 is 0 Å². The summed E-state index contributed by atoms with van der Waals surface area (Å²) in [6, 6.07) is 0. The third kappa shape index (κ3) is 1.56. The van der Waals surface area contributed by atoms with Gasteiger partial charge in [-0.3, -0.25) is 4.79 Å². The van der Waals surface area contributed by atoms with E-state index >= 15 is 0 Å². The van der Waals surface area contributed by atoms with Crippen LogP contribution in [0, 0.1) is 0 Å². The van der Waals surface area contributed by atoms with Crippen LogP contribution in [0.2, 0.25) is 0 Å². The molecule has 1 unspecified atom stereocenters. The quantitative estimate of drug-likeness (QED) is 0.602. The van der Waals surface area contributed by atoms with Crippen LogP contribution in [-0.4, -0.2) is 30.8 Å². The molecule has 0 aromatic heterocycles. The number of amides is 1. The topological polar surface area (TPSA) is 50.4 Å². The fourth-order valence-electron chi connectivity index (χ4n) is 2.00. The van der Waals surface area contributed by atoms with Crippen LogP contribution in [0.15, 0.2) is 0 Å². The largest absolute Gasteiger partial charge is 0.343 e. The fraction of sp³-hybridized carbons (Fsp3) is 0.889. The van der Waals surface area contributed by atoms with Crippen LogP contribution < -0.4 is 10.6 Å². The van der Waals surface area contributed by atoms with Gasteiger partial charge < -0.3 is 15.4 Å². The van der Waals surface area contributed by atoms with Crippen LogP contribution in [0.5, 0.6) is 0 Å². The molecule has 13 heavy (non-hydrogen) atoms. The van der Waals surface area contributed by atoms with Crippen molar-refractivity contribution in [2.24, 2.45) is 0 Å². The van der Waals surface area contributed by atoms with Gasteiger partial charge in [0.15, 0.2) is 0 Å². The Kier molecular flexibility index (Phi) is 2.26. The first-order valence-electron chi connectivity index (χ1n) is 4.96. The van der Waals surface area contributed by atoms with Crippen molar-refractivity contribution in [3.8, 4) is 0 Å². The van der Waals surface area contributed by atoms with E-state index < -0.39 is 0 Å². The van der Waals surface area contributed by atoms with E-state index in [0.29, 0.717) is 0 Å². The van der Waals surface area contributed by atoms with Crippen LogP contribution in [0.25, 0.3) is 0 Å². The first-order chi connectivity index (χ1) is 6.26. The summed E-state index contributed by atoms with van der Waals surface area (Å²) >= 11 is 0. The molecular weight excluding hydrogens is 168 g/mol. The zero-order valence-electron chi connectivity index (χ0n) is 7.93. The molecule has 2 heterocycles. The highest BCUT2D eigenvalue weighted by Crippen LogP contribution is 2.27. The Morgan fingerprint density at radius 3 is 2.77 bits per heavy atom. The number of hydrogen-bond acceptors (Lipinski definition) is 3. The average Bonchev–Trinajstić information content (AvgIpc) is 2.44. The zero-order valence-corrected chi connectivity index (χ0v) is 7.93. The molecule has 0 bridgehead atoms. The van der Waals surface area contributed by atoms with Gasteiger partial charge in [-0.25, -0.2) is 0 Å². The summed E-state index contributed by atoms with van der Waals surface area (Å²) in [4.78, 5) is 11.4. The van der Waals surface area contributed by atoms with Crippen LogP contribution in [0.4, 0.5) is 0 Å². The molecule has 2 aliphatic heterocycles. The molecule has 2 N–H and O–H groups in total. The van der Waals surface area contributed by atoms with Crippen molar-refractivity contribution >= 4 is 5.91 Å². The summed E-state index contributed by atoms with van der Waals surface area (Å²) in [5.74, 6) is 0.0596. The molecule has 4 heteroatoms. The second kappa shape index (κ2) is 3.27. The standard InChI is InChI=1S/C9H16N2O2/c1-2-7-8(12)11-9(13-7)3-5-10-6-4-9/h7,10H,2-6H2,1H3,(H,11,12). The zero-order chi connectivity index (χ0) is 9.31. The summed E-state index contributed by atoms with van der Waals surface area (Å²) < 4.78 is 5.75. The molecule has 2 saturated heterocycles. The Labute approximate surface area is 78.0 Å². The lowest BCUT2D eigenvalue weighted by atomic mass is 10.0. The minimum Gasteiger partial charge on any atom is -0.343 e. The highest BCUT2D eigenvalue weighted by Gasteiger charge is 2.44. The van der Waals surface area contributed by atoms with E-state index in [1.807, 2.05) is 6.92 Å². The summed E-state index contributed by atoms with van der Waals surface area (Å²) in [6.45, 7) is 3.83. The van der Waals surface area contributed by atoms with E-state index in [2.05, 4.69) is 10.6 Å². The number of nitrogens with one attached hydrogen (secondary N) is 2. The summed E-state index contributed by atoms with van der Waals surface area (Å²) in [6.07, 6.45) is 2.31. The van der Waals surface area contributed by atoms with Gasteiger partial charge in [-0.2, -0.15) is 0 Å². The van der Waals surface area contributed by atoms with E-state index in [4.69, 9.17) is 4.74 Å². The maximum absolute atomic E-state index is 11.4. The lowest BCUT2D eigenvalue weighted by molar-refractivity contribution is -0.124. The third-order valence-electron chi connectivity index (χ3n) is 2.79. The van der Waals surface area contributed by atoms with E-state index in [0.717, 1.165) is 32.4 Å². The van der Waals surface area contributed by atoms with E-state index in [1.165, 1.54) is 0 Å². The fourth-order valence-corrected chi connectivity index (χ4v) is 2.00. The lowest BCUT2D eigenvalue weighted by Crippen LogP contribution is -2.50. The maximum Gasteiger partial charge on any atom is 0.251 e. The Balaban J connectivity index is 2.05. The highest BCUT2D eigenvalue weighted by molar-refractivity contribution is 5.83. The first kappa shape index (κ1) is 8.97. The van der Waals surface area contributed by atoms with Crippen molar-refractivity contribution in [2.75, 3.05) is 13.1 Å². The molecule has 0 aromatic rings. The predicted molar refractivity (Wildman–Crippen MR) is 48.1 cm³/mol. The molecule has 0 saturated carbocycles. The monoisotopic (exact) mass is 184 g/mol. The van der Waals surface area contributed by atoms with Gasteiger partial charge in [-0.05, 0) is 19.5 Å². The van der Waals surface area contributed by atoms with E-state index in [9.17, 15) is 4.79 Å². The third-order valence-corrected chi connectivity index (χ3v) is 2.79. The van der Waals surface area contributed by atoms with Gasteiger partial charge in [0, 0.05) is 12.8 Å². The Hall–Kier alpha value is -0.610. The average molecular weight is 184 g/mol. The van der Waals surface area contributed by atoms with Crippen molar-refractivity contribution in [3.05, 3.63) is 0 Å². The molecule has 1 amide bonds. The minimum absolute atomic E-state index is 0.0596. The molecule has 0 radical (unpaired) electrons. The Morgan fingerprint density at radius 2 is 2.23 bits per heavy atom. The number of piperidine rings is 1. The van der Waals surface area contributed by atoms with Gasteiger partial charge in [0.25, 0.3) is 5.91 Å². The van der Waals surface area contributed by atoms with Crippen LogP contribution in [-0.2, 0) is 9.53 Å². The number of rotatable bonds is 1. The Bertz CT molecular complexity index is 212. The molecule has 0 aliphatic carbocycles. The molecule has 4 nitrogen and oxygen atoms in total. The lowest BCUT2D eigenvalue weighted by Gasteiger charge is -2.32. The van der Waals surface area contributed by atoms with Gasteiger partial charge in [-0.15, -0.1) is 0 Å². The predicted octanol–water partition coefficient (Wildman–Crippen LogP) is -0.00890. The molecule has 2 fully saturated rings. The molecule has 74 valence electrons. The second-order valence-electron chi connectivity index (χ2n) is 3.75. The molecule has 1 atom stereocenters. The van der Waals surface area contributed by atoms with Crippen molar-refractivity contribution in [3.63, 3.8) is 0 Å². The van der Waals surface area contributed by atoms with Crippen molar-refractivity contribution < 1.29 is 9.53 Å². The van der Waals surface area contributed by atoms with E-state index in [-0.39, 0.29) is 17.7 Å². The SMILES string of the molecule is CCC1OC2(CCNCC2)NC1=O. The molecule has 2 aliphatic rings. The van der Waals surface area contributed by atoms with Crippen LogP contribution in [0.3, 0.4) is 0 Å². The smallest absolute Gasteiger partial charge is 0.251 e. The molecular formula is C9H16N2O2. The van der Waals surface area contributed by atoms with Gasteiger partial charge in [0.05, 0.1) is 0 Å². The summed E-state index contributed by atoms with van der Waals surface area (Å²) in [5.41, 5.74) is -0.344. The van der Waals surface area contributed by atoms with Gasteiger partial charge in [-0.1, -0.05) is 6.92 Å². The summed E-state index contributed by atoms with van der Waals surface area (Å²) in [5, 5.41) is 6.22.